The Bertz CT molecular complexity index is 981. The molecule has 7 heteroatoms. The van der Waals surface area contributed by atoms with Gasteiger partial charge >= 0.3 is 0 Å². The minimum atomic E-state index is -0.151. The van der Waals surface area contributed by atoms with Crippen LogP contribution in [0.1, 0.15) is 5.56 Å². The zero-order valence-electron chi connectivity index (χ0n) is 13.4. The van der Waals surface area contributed by atoms with Gasteiger partial charge < -0.3 is 14.5 Å². The average molecular weight is 353 g/mol. The third-order valence-electron chi connectivity index (χ3n) is 3.42. The molecule has 126 valence electrons. The van der Waals surface area contributed by atoms with Gasteiger partial charge in [-0.3, -0.25) is 10.2 Å². The number of methoxy groups -OCH3 is 1. The first kappa shape index (κ1) is 16.7. The number of hydrogen-bond donors (Lipinski definition) is 2. The van der Waals surface area contributed by atoms with E-state index in [2.05, 4.69) is 15.8 Å². The average Bonchev–Trinajstić information content (AvgIpc) is 2.64. The van der Waals surface area contributed by atoms with Crippen molar-refractivity contribution in [2.24, 2.45) is 5.10 Å². The van der Waals surface area contributed by atoms with Crippen LogP contribution in [0.2, 0.25) is 0 Å². The van der Waals surface area contributed by atoms with E-state index in [0.29, 0.717) is 21.6 Å². The number of ether oxygens (including phenoxy) is 1. The van der Waals surface area contributed by atoms with E-state index < -0.39 is 0 Å². The SMILES string of the molecule is COc1ccc(NC(=S)N/N=C\c2coc3ccccc3c2=O)cc1. The highest BCUT2D eigenvalue weighted by Crippen LogP contribution is 2.14. The summed E-state index contributed by atoms with van der Waals surface area (Å²) in [6, 6.07) is 14.3. The van der Waals surface area contributed by atoms with Gasteiger partial charge in [-0.05, 0) is 48.6 Å². The number of thiocarbonyl (C=S) groups is 1. The van der Waals surface area contributed by atoms with Gasteiger partial charge in [-0.1, -0.05) is 12.1 Å². The predicted molar refractivity (Wildman–Crippen MR) is 102 cm³/mol. The maximum Gasteiger partial charge on any atom is 0.201 e. The van der Waals surface area contributed by atoms with Crippen molar-refractivity contribution in [1.29, 1.82) is 0 Å². The second kappa shape index (κ2) is 7.59. The summed E-state index contributed by atoms with van der Waals surface area (Å²) in [5, 5.41) is 7.75. The normalized spacial score (nSPS) is 10.8. The maximum absolute atomic E-state index is 12.3. The monoisotopic (exact) mass is 353 g/mol. The number of fused-ring (bicyclic) bond motifs is 1. The van der Waals surface area contributed by atoms with Gasteiger partial charge in [-0.2, -0.15) is 5.10 Å². The molecule has 0 saturated carbocycles. The summed E-state index contributed by atoms with van der Waals surface area (Å²) in [5.74, 6) is 0.755. The minimum Gasteiger partial charge on any atom is -0.497 e. The Kier molecular flexibility index (Phi) is 5.06. The Morgan fingerprint density at radius 1 is 1.20 bits per heavy atom. The molecule has 1 heterocycles. The summed E-state index contributed by atoms with van der Waals surface area (Å²) in [7, 11) is 1.60. The molecule has 0 aliphatic heterocycles. The van der Waals surface area contributed by atoms with Crippen LogP contribution in [0.3, 0.4) is 0 Å². The van der Waals surface area contributed by atoms with Gasteiger partial charge in [-0.25, -0.2) is 0 Å². The van der Waals surface area contributed by atoms with Crippen molar-refractivity contribution in [3.8, 4) is 5.75 Å². The second-order valence-corrected chi connectivity index (χ2v) is 5.48. The number of anilines is 1. The molecule has 6 nitrogen and oxygen atoms in total. The third kappa shape index (κ3) is 4.02. The van der Waals surface area contributed by atoms with E-state index in [0.717, 1.165) is 11.4 Å². The Labute approximate surface area is 149 Å². The highest BCUT2D eigenvalue weighted by Gasteiger charge is 2.04. The van der Waals surface area contributed by atoms with Crippen LogP contribution in [-0.4, -0.2) is 18.4 Å². The van der Waals surface area contributed by atoms with E-state index in [-0.39, 0.29) is 5.43 Å². The second-order valence-electron chi connectivity index (χ2n) is 5.07. The zero-order chi connectivity index (χ0) is 17.6. The Balaban J connectivity index is 1.65. The number of rotatable bonds is 4. The Morgan fingerprint density at radius 2 is 1.96 bits per heavy atom. The van der Waals surface area contributed by atoms with Crippen LogP contribution in [0.5, 0.6) is 5.75 Å². The van der Waals surface area contributed by atoms with Crippen LogP contribution >= 0.6 is 12.2 Å². The van der Waals surface area contributed by atoms with Crippen molar-refractivity contribution in [2.45, 2.75) is 0 Å². The molecule has 3 rings (SSSR count). The highest BCUT2D eigenvalue weighted by molar-refractivity contribution is 7.80. The van der Waals surface area contributed by atoms with Gasteiger partial charge in [0.05, 0.1) is 24.3 Å². The minimum absolute atomic E-state index is 0.151. The molecule has 0 amide bonds. The van der Waals surface area contributed by atoms with Crippen molar-refractivity contribution < 1.29 is 9.15 Å². The molecule has 3 aromatic rings. The molecular formula is C18H15N3O3S. The Morgan fingerprint density at radius 3 is 2.72 bits per heavy atom. The van der Waals surface area contributed by atoms with Crippen molar-refractivity contribution in [2.75, 3.05) is 12.4 Å². The number of nitrogens with zero attached hydrogens (tertiary/aromatic N) is 1. The first-order valence-electron chi connectivity index (χ1n) is 7.42. The van der Waals surface area contributed by atoms with E-state index in [1.54, 1.807) is 25.3 Å². The molecule has 2 aromatic carbocycles. The molecule has 0 saturated heterocycles. The first-order chi connectivity index (χ1) is 12.2. The molecule has 2 N–H and O–H groups in total. The topological polar surface area (TPSA) is 75.9 Å². The number of benzene rings is 2. The molecule has 1 aromatic heterocycles. The zero-order valence-corrected chi connectivity index (χ0v) is 14.2. The Hall–Kier alpha value is -3.19. The molecule has 0 aliphatic rings. The first-order valence-corrected chi connectivity index (χ1v) is 7.83. The van der Waals surface area contributed by atoms with Crippen LogP contribution in [0, 0.1) is 0 Å². The lowest BCUT2D eigenvalue weighted by atomic mass is 10.2. The van der Waals surface area contributed by atoms with E-state index in [1.807, 2.05) is 30.3 Å². The maximum atomic E-state index is 12.3. The molecule has 0 fully saturated rings. The van der Waals surface area contributed by atoms with E-state index in [9.17, 15) is 4.79 Å². The molecule has 0 radical (unpaired) electrons. The van der Waals surface area contributed by atoms with Gasteiger partial charge in [0.15, 0.2) is 5.11 Å². The van der Waals surface area contributed by atoms with E-state index >= 15 is 0 Å². The van der Waals surface area contributed by atoms with Crippen molar-refractivity contribution in [3.05, 3.63) is 70.6 Å². The van der Waals surface area contributed by atoms with Crippen LogP contribution in [0.15, 0.2) is 69.1 Å². The van der Waals surface area contributed by atoms with Gasteiger partial charge in [0.2, 0.25) is 5.43 Å². The van der Waals surface area contributed by atoms with Gasteiger partial charge in [0.25, 0.3) is 0 Å². The number of para-hydroxylation sites is 1. The lowest BCUT2D eigenvalue weighted by Crippen LogP contribution is -2.24. The summed E-state index contributed by atoms with van der Waals surface area (Å²) in [5.41, 5.74) is 4.17. The number of nitrogens with one attached hydrogen (secondary N) is 2. The summed E-state index contributed by atoms with van der Waals surface area (Å²) in [6.07, 6.45) is 2.75. The lowest BCUT2D eigenvalue weighted by molar-refractivity contribution is 0.415. The van der Waals surface area contributed by atoms with Crippen molar-refractivity contribution >= 4 is 40.2 Å². The smallest absolute Gasteiger partial charge is 0.201 e. The van der Waals surface area contributed by atoms with Crippen LogP contribution in [0.4, 0.5) is 5.69 Å². The molecule has 0 bridgehead atoms. The fourth-order valence-electron chi connectivity index (χ4n) is 2.18. The summed E-state index contributed by atoms with van der Waals surface area (Å²) >= 11 is 5.15. The van der Waals surface area contributed by atoms with Crippen molar-refractivity contribution in [1.82, 2.24) is 5.43 Å². The standard InChI is InChI=1S/C18H15N3O3S/c1-23-14-8-6-13(7-9-14)20-18(25)21-19-10-12-11-24-16-5-3-2-4-15(16)17(12)22/h2-11H,1H3,(H2,20,21,25)/b19-10-. The molecule has 25 heavy (non-hydrogen) atoms. The largest absolute Gasteiger partial charge is 0.497 e. The third-order valence-corrected chi connectivity index (χ3v) is 3.62. The fourth-order valence-corrected chi connectivity index (χ4v) is 2.35. The van der Waals surface area contributed by atoms with Crippen LogP contribution in [-0.2, 0) is 0 Å². The highest BCUT2D eigenvalue weighted by atomic mass is 32.1. The quantitative estimate of drug-likeness (QED) is 0.426. The number of hydrogen-bond acceptors (Lipinski definition) is 5. The molecule has 0 spiro atoms. The summed E-state index contributed by atoms with van der Waals surface area (Å²) in [4.78, 5) is 12.3. The fraction of sp³-hybridized carbons (Fsp3) is 0.0556. The van der Waals surface area contributed by atoms with Crippen LogP contribution in [0.25, 0.3) is 11.0 Å². The molecular weight excluding hydrogens is 338 g/mol. The molecule has 0 aliphatic carbocycles. The van der Waals surface area contributed by atoms with Crippen molar-refractivity contribution in [3.63, 3.8) is 0 Å². The predicted octanol–water partition coefficient (Wildman–Crippen LogP) is 3.12. The van der Waals surface area contributed by atoms with E-state index in [4.69, 9.17) is 21.4 Å². The summed E-state index contributed by atoms with van der Waals surface area (Å²) in [6.45, 7) is 0. The molecule has 0 unspecified atom stereocenters. The van der Waals surface area contributed by atoms with Crippen LogP contribution < -0.4 is 20.9 Å². The van der Waals surface area contributed by atoms with Gasteiger partial charge in [0, 0.05) is 5.69 Å². The lowest BCUT2D eigenvalue weighted by Gasteiger charge is -2.07. The number of hydrazone groups is 1. The van der Waals surface area contributed by atoms with E-state index in [1.165, 1.54) is 12.5 Å². The summed E-state index contributed by atoms with van der Waals surface area (Å²) < 4.78 is 10.5. The van der Waals surface area contributed by atoms with Gasteiger partial charge in [0.1, 0.15) is 17.6 Å². The van der Waals surface area contributed by atoms with Gasteiger partial charge in [-0.15, -0.1) is 0 Å². The molecule has 0 atom stereocenters.